The molecule has 0 radical (unpaired) electrons. The Morgan fingerprint density at radius 3 is 2.54 bits per heavy atom. The summed E-state index contributed by atoms with van der Waals surface area (Å²) in [6.07, 6.45) is 3.12. The van der Waals surface area contributed by atoms with Crippen LogP contribution in [0.15, 0.2) is 48.5 Å². The van der Waals surface area contributed by atoms with Gasteiger partial charge < -0.3 is 15.8 Å². The molecular weight excluding hydrogens is 328 g/mol. The summed E-state index contributed by atoms with van der Waals surface area (Å²) in [5.41, 5.74) is 7.43. The van der Waals surface area contributed by atoms with Gasteiger partial charge in [0.1, 0.15) is 5.75 Å². The maximum Gasteiger partial charge on any atom is 0.255 e. The van der Waals surface area contributed by atoms with E-state index in [9.17, 15) is 9.59 Å². The number of hydrogen-bond acceptors (Lipinski definition) is 3. The van der Waals surface area contributed by atoms with Gasteiger partial charge in [0.25, 0.3) is 5.91 Å². The summed E-state index contributed by atoms with van der Waals surface area (Å²) in [6, 6.07) is 12.2. The molecule has 3 N–H and O–H groups in total. The fraction of sp³-hybridized carbons (Fsp3) is 0.111. The first-order chi connectivity index (χ1) is 11.4. The van der Waals surface area contributed by atoms with Gasteiger partial charge in [-0.3, -0.25) is 9.59 Å². The van der Waals surface area contributed by atoms with E-state index < -0.39 is 5.91 Å². The first-order valence-electron chi connectivity index (χ1n) is 7.20. The van der Waals surface area contributed by atoms with Crippen molar-refractivity contribution in [1.29, 1.82) is 0 Å². The molecule has 0 aliphatic carbocycles. The van der Waals surface area contributed by atoms with E-state index in [1.165, 1.54) is 6.08 Å². The molecule has 2 amide bonds. The molecule has 0 unspecified atom stereocenters. The number of carbonyl (C=O) groups excluding carboxylic acids is 2. The van der Waals surface area contributed by atoms with Crippen molar-refractivity contribution in [3.05, 3.63) is 64.7 Å². The highest BCUT2D eigenvalue weighted by molar-refractivity contribution is 6.30. The van der Waals surface area contributed by atoms with E-state index in [1.54, 1.807) is 48.5 Å². The van der Waals surface area contributed by atoms with Gasteiger partial charge in [0.2, 0.25) is 5.91 Å². The minimum atomic E-state index is -0.534. The van der Waals surface area contributed by atoms with Gasteiger partial charge in [-0.2, -0.15) is 0 Å². The second-order valence-electron chi connectivity index (χ2n) is 5.11. The van der Waals surface area contributed by atoms with Gasteiger partial charge >= 0.3 is 0 Å². The molecule has 0 heterocycles. The monoisotopic (exact) mass is 344 g/mol. The lowest BCUT2D eigenvalue weighted by molar-refractivity contribution is -0.120. The predicted molar refractivity (Wildman–Crippen MR) is 95.0 cm³/mol. The van der Waals surface area contributed by atoms with E-state index >= 15 is 0 Å². The molecule has 2 aromatic rings. The van der Waals surface area contributed by atoms with E-state index in [4.69, 9.17) is 22.1 Å². The van der Waals surface area contributed by atoms with Crippen LogP contribution in [0.3, 0.4) is 0 Å². The fourth-order valence-corrected chi connectivity index (χ4v) is 2.17. The van der Waals surface area contributed by atoms with Crippen LogP contribution in [0.2, 0.25) is 5.02 Å². The largest absolute Gasteiger partial charge is 0.484 e. The molecule has 0 aliphatic rings. The Hall–Kier alpha value is -2.79. The average Bonchev–Trinajstić information content (AvgIpc) is 2.54. The van der Waals surface area contributed by atoms with E-state index in [1.807, 2.05) is 6.92 Å². The summed E-state index contributed by atoms with van der Waals surface area (Å²) in [6.45, 7) is 1.70. The molecule has 0 saturated carbocycles. The van der Waals surface area contributed by atoms with Gasteiger partial charge in [-0.25, -0.2) is 0 Å². The standard InChI is InChI=1S/C18H17ClN2O3/c1-12-10-14(19)5-8-16(12)21-18(23)9-4-13-2-6-15(7-3-13)24-11-17(20)22/h2-10H,11H2,1H3,(H2,20,22)(H,21,23). The molecule has 24 heavy (non-hydrogen) atoms. The van der Waals surface area contributed by atoms with Crippen molar-refractivity contribution >= 4 is 35.2 Å². The highest BCUT2D eigenvalue weighted by atomic mass is 35.5. The van der Waals surface area contributed by atoms with Crippen molar-refractivity contribution in [1.82, 2.24) is 0 Å². The van der Waals surface area contributed by atoms with E-state index in [0.717, 1.165) is 11.1 Å². The van der Waals surface area contributed by atoms with Crippen LogP contribution in [-0.4, -0.2) is 18.4 Å². The fourth-order valence-electron chi connectivity index (χ4n) is 1.94. The first kappa shape index (κ1) is 17.6. The number of primary amides is 1. The molecule has 0 aromatic heterocycles. The van der Waals surface area contributed by atoms with Crippen LogP contribution in [0.1, 0.15) is 11.1 Å². The number of benzene rings is 2. The molecule has 0 spiro atoms. The average molecular weight is 345 g/mol. The molecule has 6 heteroatoms. The summed E-state index contributed by atoms with van der Waals surface area (Å²) in [4.78, 5) is 22.6. The summed E-state index contributed by atoms with van der Waals surface area (Å²) < 4.78 is 5.16. The lowest BCUT2D eigenvalue weighted by atomic mass is 10.2. The van der Waals surface area contributed by atoms with Crippen LogP contribution >= 0.6 is 11.6 Å². The number of ether oxygens (including phenoxy) is 1. The summed E-state index contributed by atoms with van der Waals surface area (Å²) in [5.74, 6) is -0.241. The Kier molecular flexibility index (Phi) is 5.98. The molecular formula is C18H17ClN2O3. The minimum Gasteiger partial charge on any atom is -0.484 e. The minimum absolute atomic E-state index is 0.169. The summed E-state index contributed by atoms with van der Waals surface area (Å²) in [5, 5.41) is 3.42. The molecule has 0 saturated heterocycles. The molecule has 2 rings (SSSR count). The quantitative estimate of drug-likeness (QED) is 0.790. The smallest absolute Gasteiger partial charge is 0.255 e. The van der Waals surface area contributed by atoms with Gasteiger partial charge in [0.05, 0.1) is 0 Å². The maximum atomic E-state index is 12.0. The summed E-state index contributed by atoms with van der Waals surface area (Å²) >= 11 is 5.88. The number of rotatable bonds is 6. The number of carbonyl (C=O) groups is 2. The number of hydrogen-bond donors (Lipinski definition) is 2. The van der Waals surface area contributed by atoms with Gasteiger partial charge in [-0.15, -0.1) is 0 Å². The van der Waals surface area contributed by atoms with Gasteiger partial charge in [0.15, 0.2) is 6.61 Å². The Bertz CT molecular complexity index is 770. The Morgan fingerprint density at radius 1 is 1.21 bits per heavy atom. The van der Waals surface area contributed by atoms with E-state index in [0.29, 0.717) is 16.5 Å². The van der Waals surface area contributed by atoms with Crippen LogP contribution in [0, 0.1) is 6.92 Å². The van der Waals surface area contributed by atoms with Crippen LogP contribution < -0.4 is 15.8 Å². The SMILES string of the molecule is Cc1cc(Cl)ccc1NC(=O)C=Cc1ccc(OCC(N)=O)cc1. The molecule has 124 valence electrons. The zero-order valence-electron chi connectivity index (χ0n) is 13.1. The molecule has 2 aromatic carbocycles. The second-order valence-corrected chi connectivity index (χ2v) is 5.54. The van der Waals surface area contributed by atoms with E-state index in [2.05, 4.69) is 5.32 Å². The van der Waals surface area contributed by atoms with Gasteiger partial charge in [-0.05, 0) is 54.5 Å². The third-order valence-electron chi connectivity index (χ3n) is 3.13. The molecule has 0 atom stereocenters. The van der Waals surface area contributed by atoms with Crippen molar-refractivity contribution in [2.45, 2.75) is 6.92 Å². The van der Waals surface area contributed by atoms with Gasteiger partial charge in [0, 0.05) is 16.8 Å². The van der Waals surface area contributed by atoms with Crippen LogP contribution in [0.25, 0.3) is 6.08 Å². The normalized spacial score (nSPS) is 10.6. The first-order valence-corrected chi connectivity index (χ1v) is 7.58. The highest BCUT2D eigenvalue weighted by Gasteiger charge is 2.02. The third-order valence-corrected chi connectivity index (χ3v) is 3.37. The zero-order chi connectivity index (χ0) is 17.5. The van der Waals surface area contributed by atoms with Crippen LogP contribution in [-0.2, 0) is 9.59 Å². The second kappa shape index (κ2) is 8.17. The maximum absolute atomic E-state index is 12.0. The number of aryl methyl sites for hydroxylation is 1. The molecule has 0 aliphatic heterocycles. The number of halogens is 1. The number of amides is 2. The summed E-state index contributed by atoms with van der Waals surface area (Å²) in [7, 11) is 0. The lowest BCUT2D eigenvalue weighted by Gasteiger charge is -2.06. The number of anilines is 1. The Morgan fingerprint density at radius 2 is 1.92 bits per heavy atom. The van der Waals surface area contributed by atoms with Crippen molar-refractivity contribution in [2.24, 2.45) is 5.73 Å². The molecule has 5 nitrogen and oxygen atoms in total. The van der Waals surface area contributed by atoms with Crippen LogP contribution in [0.4, 0.5) is 5.69 Å². The third kappa shape index (κ3) is 5.44. The molecule has 0 bridgehead atoms. The van der Waals surface area contributed by atoms with Crippen LogP contribution in [0.5, 0.6) is 5.75 Å². The predicted octanol–water partition coefficient (Wildman–Crippen LogP) is 3.16. The Balaban J connectivity index is 1.94. The number of nitrogens with two attached hydrogens (primary N) is 1. The van der Waals surface area contributed by atoms with Crippen molar-refractivity contribution in [3.63, 3.8) is 0 Å². The Labute approximate surface area is 145 Å². The van der Waals surface area contributed by atoms with Gasteiger partial charge in [-0.1, -0.05) is 23.7 Å². The topological polar surface area (TPSA) is 81.4 Å². The van der Waals surface area contributed by atoms with Crippen molar-refractivity contribution in [2.75, 3.05) is 11.9 Å². The van der Waals surface area contributed by atoms with Crippen molar-refractivity contribution in [3.8, 4) is 5.75 Å². The molecule has 0 fully saturated rings. The van der Waals surface area contributed by atoms with E-state index in [-0.39, 0.29) is 12.5 Å². The highest BCUT2D eigenvalue weighted by Crippen LogP contribution is 2.19. The van der Waals surface area contributed by atoms with Crippen molar-refractivity contribution < 1.29 is 14.3 Å². The lowest BCUT2D eigenvalue weighted by Crippen LogP contribution is -2.19. The zero-order valence-corrected chi connectivity index (χ0v) is 13.8. The number of nitrogens with one attached hydrogen (secondary N) is 1.